The molecule has 0 N–H and O–H groups in total. The molecular formula is C21H20N8O. The summed E-state index contributed by atoms with van der Waals surface area (Å²) in [4.78, 5) is 18.2. The Morgan fingerprint density at radius 3 is 2.80 bits per heavy atom. The molecule has 1 amide bonds. The van der Waals surface area contributed by atoms with E-state index in [4.69, 9.17) is 5.10 Å². The van der Waals surface area contributed by atoms with Crippen molar-refractivity contribution in [3.05, 3.63) is 58.8 Å². The van der Waals surface area contributed by atoms with Gasteiger partial charge in [0.25, 0.3) is 5.91 Å². The normalized spacial score (nSPS) is 20.2. The highest BCUT2D eigenvalue weighted by molar-refractivity contribution is 5.96. The summed E-state index contributed by atoms with van der Waals surface area (Å²) in [6.07, 6.45) is 2.90. The van der Waals surface area contributed by atoms with E-state index < -0.39 is 0 Å². The first-order chi connectivity index (χ1) is 14.5. The summed E-state index contributed by atoms with van der Waals surface area (Å²) in [5, 5.41) is 17.6. The molecule has 4 aromatic heterocycles. The Hall–Kier alpha value is -3.62. The van der Waals surface area contributed by atoms with Gasteiger partial charge in [-0.3, -0.25) is 14.5 Å². The van der Waals surface area contributed by atoms with Crippen LogP contribution in [0, 0.1) is 6.92 Å². The van der Waals surface area contributed by atoms with E-state index in [1.807, 2.05) is 44.0 Å². The SMILES string of the molecule is Cc1nnc2ccc(-c3cc(C4CC4c4cnc5c(c4)CN(C)C5=O)nn3C)nn12. The van der Waals surface area contributed by atoms with Crippen molar-refractivity contribution < 1.29 is 4.79 Å². The summed E-state index contributed by atoms with van der Waals surface area (Å²) in [7, 11) is 3.76. The summed E-state index contributed by atoms with van der Waals surface area (Å²) >= 11 is 0. The predicted molar refractivity (Wildman–Crippen MR) is 108 cm³/mol. The third kappa shape index (κ3) is 2.47. The van der Waals surface area contributed by atoms with Crippen LogP contribution >= 0.6 is 0 Å². The molecule has 0 radical (unpaired) electrons. The van der Waals surface area contributed by atoms with Crippen molar-refractivity contribution in [2.75, 3.05) is 7.05 Å². The van der Waals surface area contributed by atoms with Crippen molar-refractivity contribution >= 4 is 11.6 Å². The van der Waals surface area contributed by atoms with Gasteiger partial charge in [-0.15, -0.1) is 10.2 Å². The molecule has 30 heavy (non-hydrogen) atoms. The first-order valence-electron chi connectivity index (χ1n) is 9.97. The number of carbonyl (C=O) groups is 1. The minimum Gasteiger partial charge on any atom is -0.336 e. The number of aryl methyl sites for hydroxylation is 2. The van der Waals surface area contributed by atoms with Crippen molar-refractivity contribution in [2.24, 2.45) is 7.05 Å². The third-order valence-electron chi connectivity index (χ3n) is 6.12. The van der Waals surface area contributed by atoms with Crippen LogP contribution in [-0.4, -0.2) is 52.4 Å². The van der Waals surface area contributed by atoms with Crippen molar-refractivity contribution in [1.82, 2.24) is 39.5 Å². The molecule has 0 bridgehead atoms. The van der Waals surface area contributed by atoms with E-state index in [0.717, 1.165) is 40.5 Å². The Morgan fingerprint density at radius 1 is 1.07 bits per heavy atom. The molecule has 9 nitrogen and oxygen atoms in total. The highest BCUT2D eigenvalue weighted by Gasteiger charge is 2.42. The van der Waals surface area contributed by atoms with E-state index in [-0.39, 0.29) is 5.91 Å². The average molecular weight is 400 g/mol. The monoisotopic (exact) mass is 400 g/mol. The van der Waals surface area contributed by atoms with E-state index in [2.05, 4.69) is 32.4 Å². The van der Waals surface area contributed by atoms with E-state index in [0.29, 0.717) is 24.1 Å². The summed E-state index contributed by atoms with van der Waals surface area (Å²) in [6.45, 7) is 2.52. The van der Waals surface area contributed by atoms with Gasteiger partial charge in [0.2, 0.25) is 0 Å². The lowest BCUT2D eigenvalue weighted by Crippen LogP contribution is -2.18. The van der Waals surface area contributed by atoms with Crippen LogP contribution in [-0.2, 0) is 13.6 Å². The Kier molecular flexibility index (Phi) is 3.42. The highest BCUT2D eigenvalue weighted by Crippen LogP contribution is 2.54. The van der Waals surface area contributed by atoms with Crippen LogP contribution in [0.5, 0.6) is 0 Å². The Bertz CT molecular complexity index is 1340. The average Bonchev–Trinajstić information content (AvgIpc) is 3.21. The lowest BCUT2D eigenvalue weighted by atomic mass is 10.1. The number of hydrogen-bond donors (Lipinski definition) is 0. The summed E-state index contributed by atoms with van der Waals surface area (Å²) in [5.74, 6) is 1.51. The van der Waals surface area contributed by atoms with Crippen LogP contribution in [0.25, 0.3) is 17.0 Å². The number of nitrogens with zero attached hydrogens (tertiary/aromatic N) is 8. The third-order valence-corrected chi connectivity index (χ3v) is 6.12. The molecule has 0 spiro atoms. The fourth-order valence-electron chi connectivity index (χ4n) is 4.39. The van der Waals surface area contributed by atoms with Crippen LogP contribution in [0.15, 0.2) is 30.5 Å². The van der Waals surface area contributed by atoms with Crippen LogP contribution in [0.2, 0.25) is 0 Å². The lowest BCUT2D eigenvalue weighted by Gasteiger charge is -2.04. The zero-order valence-electron chi connectivity index (χ0n) is 16.9. The summed E-state index contributed by atoms with van der Waals surface area (Å²) in [6, 6.07) is 8.13. The lowest BCUT2D eigenvalue weighted by molar-refractivity contribution is 0.0812. The van der Waals surface area contributed by atoms with Gasteiger partial charge in [-0.2, -0.15) is 14.7 Å². The fourth-order valence-corrected chi connectivity index (χ4v) is 4.39. The standard InChI is InChI=1S/C21H20N8O/c1-11-23-24-19-5-4-16(26-29(11)19)18-8-17(25-28(18)3)15-7-14(15)12-6-13-10-27(2)21(30)20(13)22-9-12/h4-6,8-9,14-15H,7,10H2,1-3H3. The molecule has 9 heteroatoms. The van der Waals surface area contributed by atoms with Crippen LogP contribution < -0.4 is 0 Å². The van der Waals surface area contributed by atoms with Gasteiger partial charge in [-0.05, 0) is 49.1 Å². The molecule has 2 unspecified atom stereocenters. The molecule has 5 heterocycles. The molecule has 1 saturated carbocycles. The Labute approximate surface area is 172 Å². The number of fused-ring (bicyclic) bond motifs is 2. The molecule has 0 aromatic carbocycles. The minimum atomic E-state index is 0.00561. The van der Waals surface area contributed by atoms with Crippen LogP contribution in [0.4, 0.5) is 0 Å². The molecular weight excluding hydrogens is 380 g/mol. The van der Waals surface area contributed by atoms with Gasteiger partial charge in [-0.1, -0.05) is 0 Å². The quantitative estimate of drug-likeness (QED) is 0.523. The second kappa shape index (κ2) is 5.94. The second-order valence-corrected chi connectivity index (χ2v) is 8.20. The number of hydrogen-bond acceptors (Lipinski definition) is 6. The molecule has 0 saturated heterocycles. The van der Waals surface area contributed by atoms with Crippen molar-refractivity contribution in [1.29, 1.82) is 0 Å². The van der Waals surface area contributed by atoms with Gasteiger partial charge in [0, 0.05) is 38.3 Å². The van der Waals surface area contributed by atoms with Crippen molar-refractivity contribution in [3.8, 4) is 11.4 Å². The molecule has 6 rings (SSSR count). The minimum absolute atomic E-state index is 0.00561. The van der Waals surface area contributed by atoms with Crippen LogP contribution in [0.3, 0.4) is 0 Å². The maximum absolute atomic E-state index is 12.1. The maximum atomic E-state index is 12.1. The molecule has 1 fully saturated rings. The topological polar surface area (TPSA) is 94.1 Å². The van der Waals surface area contributed by atoms with Crippen molar-refractivity contribution in [2.45, 2.75) is 31.7 Å². The number of pyridine rings is 1. The van der Waals surface area contributed by atoms with Gasteiger partial charge in [-0.25, -0.2) is 0 Å². The first kappa shape index (κ1) is 17.3. The summed E-state index contributed by atoms with van der Waals surface area (Å²) in [5.41, 5.74) is 6.39. The van der Waals surface area contributed by atoms with Gasteiger partial charge in [0.05, 0.1) is 11.4 Å². The Balaban J connectivity index is 1.29. The van der Waals surface area contributed by atoms with E-state index in [9.17, 15) is 4.79 Å². The number of carbonyl (C=O) groups excluding carboxylic acids is 1. The number of amides is 1. The van der Waals surface area contributed by atoms with Gasteiger partial charge < -0.3 is 4.90 Å². The maximum Gasteiger partial charge on any atom is 0.272 e. The molecule has 1 aliphatic heterocycles. The predicted octanol–water partition coefficient (Wildman–Crippen LogP) is 2.08. The summed E-state index contributed by atoms with van der Waals surface area (Å²) < 4.78 is 3.63. The van der Waals surface area contributed by atoms with E-state index in [1.165, 1.54) is 5.56 Å². The number of rotatable bonds is 3. The smallest absolute Gasteiger partial charge is 0.272 e. The van der Waals surface area contributed by atoms with Crippen molar-refractivity contribution in [3.63, 3.8) is 0 Å². The fraction of sp³-hybridized carbons (Fsp3) is 0.333. The Morgan fingerprint density at radius 2 is 1.93 bits per heavy atom. The van der Waals surface area contributed by atoms with Crippen LogP contribution in [0.1, 0.15) is 51.4 Å². The number of aromatic nitrogens is 7. The zero-order valence-corrected chi connectivity index (χ0v) is 16.9. The molecule has 2 aliphatic rings. The van der Waals surface area contributed by atoms with Gasteiger partial charge in [0.15, 0.2) is 11.5 Å². The van der Waals surface area contributed by atoms with Gasteiger partial charge >= 0.3 is 0 Å². The largest absolute Gasteiger partial charge is 0.336 e. The first-order valence-corrected chi connectivity index (χ1v) is 9.97. The molecule has 150 valence electrons. The molecule has 4 aromatic rings. The molecule has 1 aliphatic carbocycles. The van der Waals surface area contributed by atoms with Gasteiger partial charge in [0.1, 0.15) is 11.4 Å². The zero-order chi connectivity index (χ0) is 20.6. The second-order valence-electron chi connectivity index (χ2n) is 8.20. The highest BCUT2D eigenvalue weighted by atomic mass is 16.2. The molecule has 2 atom stereocenters. The van der Waals surface area contributed by atoms with E-state index >= 15 is 0 Å². The van der Waals surface area contributed by atoms with E-state index in [1.54, 1.807) is 9.42 Å².